The van der Waals surface area contributed by atoms with Gasteiger partial charge < -0.3 is 5.32 Å². The summed E-state index contributed by atoms with van der Waals surface area (Å²) in [7, 11) is 0. The number of nitrogens with zero attached hydrogens (tertiary/aromatic N) is 1. The Labute approximate surface area is 116 Å². The normalized spacial score (nSPS) is 16.9. The van der Waals surface area contributed by atoms with Crippen LogP contribution in [0, 0.1) is 22.7 Å². The third-order valence-corrected chi connectivity index (χ3v) is 4.01. The summed E-state index contributed by atoms with van der Waals surface area (Å²) in [4.78, 5) is 0. The molecular formula is C17H24N2. The van der Waals surface area contributed by atoms with Crippen LogP contribution in [0.15, 0.2) is 24.3 Å². The Bertz CT molecular complexity index is 435. The van der Waals surface area contributed by atoms with Crippen LogP contribution in [-0.4, -0.2) is 6.54 Å². The summed E-state index contributed by atoms with van der Waals surface area (Å²) in [6, 6.07) is 11.3. The first-order valence-electron chi connectivity index (χ1n) is 7.33. The lowest BCUT2D eigenvalue weighted by Crippen LogP contribution is -2.38. The van der Waals surface area contributed by atoms with E-state index in [1.807, 2.05) is 0 Å². The van der Waals surface area contributed by atoms with Gasteiger partial charge in [0.15, 0.2) is 0 Å². The van der Waals surface area contributed by atoms with Crippen molar-refractivity contribution in [2.75, 3.05) is 6.54 Å². The highest BCUT2D eigenvalue weighted by Crippen LogP contribution is 2.39. The van der Waals surface area contributed by atoms with Gasteiger partial charge in [-0.05, 0) is 36.3 Å². The van der Waals surface area contributed by atoms with Crippen LogP contribution in [0.2, 0.25) is 0 Å². The smallest absolute Gasteiger partial charge is 0.0703 e. The zero-order valence-electron chi connectivity index (χ0n) is 12.1. The molecule has 0 radical (unpaired) electrons. The van der Waals surface area contributed by atoms with Crippen LogP contribution in [-0.2, 0) is 13.0 Å². The number of rotatable bonds is 6. The third-order valence-electron chi connectivity index (χ3n) is 4.01. The lowest BCUT2D eigenvalue weighted by atomic mass is 9.70. The van der Waals surface area contributed by atoms with E-state index in [9.17, 15) is 0 Å². The van der Waals surface area contributed by atoms with E-state index in [0.717, 1.165) is 32.4 Å². The van der Waals surface area contributed by atoms with Crippen molar-refractivity contribution in [2.24, 2.45) is 11.3 Å². The van der Waals surface area contributed by atoms with Crippen molar-refractivity contribution >= 4 is 0 Å². The maximum Gasteiger partial charge on any atom is 0.0703 e. The SMILES string of the molecule is CC(C)Cc1ccc(CNCC2(C#N)CCC2)cc1. The molecule has 0 bridgehead atoms. The van der Waals surface area contributed by atoms with E-state index < -0.39 is 0 Å². The Balaban J connectivity index is 1.79. The minimum absolute atomic E-state index is 0.0718. The molecule has 1 aliphatic carbocycles. The van der Waals surface area contributed by atoms with Crippen molar-refractivity contribution in [3.63, 3.8) is 0 Å². The quantitative estimate of drug-likeness (QED) is 0.843. The minimum Gasteiger partial charge on any atom is -0.311 e. The fourth-order valence-corrected chi connectivity index (χ4v) is 2.64. The molecule has 0 heterocycles. The number of hydrogen-bond donors (Lipinski definition) is 1. The first-order valence-corrected chi connectivity index (χ1v) is 7.33. The largest absolute Gasteiger partial charge is 0.311 e. The maximum absolute atomic E-state index is 9.16. The molecule has 1 fully saturated rings. The molecular weight excluding hydrogens is 232 g/mol. The van der Waals surface area contributed by atoms with Crippen molar-refractivity contribution in [3.05, 3.63) is 35.4 Å². The van der Waals surface area contributed by atoms with Gasteiger partial charge in [0, 0.05) is 13.1 Å². The molecule has 0 spiro atoms. The minimum atomic E-state index is -0.0718. The Morgan fingerprint density at radius 2 is 1.84 bits per heavy atom. The number of nitrogens with one attached hydrogen (secondary N) is 1. The second kappa shape index (κ2) is 6.21. The molecule has 0 atom stereocenters. The third kappa shape index (κ3) is 3.81. The lowest BCUT2D eigenvalue weighted by molar-refractivity contribution is 0.206. The zero-order valence-corrected chi connectivity index (χ0v) is 12.1. The van der Waals surface area contributed by atoms with Gasteiger partial charge in [-0.3, -0.25) is 0 Å². The average molecular weight is 256 g/mol. The predicted octanol–water partition coefficient (Wildman–Crippen LogP) is 3.67. The van der Waals surface area contributed by atoms with Crippen LogP contribution < -0.4 is 5.32 Å². The molecule has 1 aromatic carbocycles. The van der Waals surface area contributed by atoms with Crippen LogP contribution in [0.5, 0.6) is 0 Å². The molecule has 0 aliphatic heterocycles. The van der Waals surface area contributed by atoms with Gasteiger partial charge in [0.25, 0.3) is 0 Å². The topological polar surface area (TPSA) is 35.8 Å². The predicted molar refractivity (Wildman–Crippen MR) is 78.6 cm³/mol. The number of hydrogen-bond acceptors (Lipinski definition) is 2. The maximum atomic E-state index is 9.16. The van der Waals surface area contributed by atoms with Gasteiger partial charge in [-0.15, -0.1) is 0 Å². The summed E-state index contributed by atoms with van der Waals surface area (Å²) in [6.07, 6.45) is 4.47. The van der Waals surface area contributed by atoms with E-state index in [4.69, 9.17) is 5.26 Å². The van der Waals surface area contributed by atoms with E-state index in [1.165, 1.54) is 17.5 Å². The molecule has 1 N–H and O–H groups in total. The van der Waals surface area contributed by atoms with Gasteiger partial charge in [-0.2, -0.15) is 5.26 Å². The average Bonchev–Trinajstić information content (AvgIpc) is 2.34. The molecule has 102 valence electrons. The van der Waals surface area contributed by atoms with Crippen molar-refractivity contribution in [1.82, 2.24) is 5.32 Å². The summed E-state index contributed by atoms with van der Waals surface area (Å²) in [5.74, 6) is 0.707. The molecule has 1 aromatic rings. The molecule has 2 heteroatoms. The van der Waals surface area contributed by atoms with Gasteiger partial charge in [-0.1, -0.05) is 44.5 Å². The summed E-state index contributed by atoms with van der Waals surface area (Å²) < 4.78 is 0. The van der Waals surface area contributed by atoms with Crippen molar-refractivity contribution in [2.45, 2.75) is 46.1 Å². The van der Waals surface area contributed by atoms with Crippen LogP contribution in [0.4, 0.5) is 0 Å². The van der Waals surface area contributed by atoms with Gasteiger partial charge in [0.1, 0.15) is 0 Å². The zero-order chi connectivity index (χ0) is 13.7. The molecule has 19 heavy (non-hydrogen) atoms. The molecule has 0 aromatic heterocycles. The van der Waals surface area contributed by atoms with E-state index in [-0.39, 0.29) is 5.41 Å². The second-order valence-corrected chi connectivity index (χ2v) is 6.26. The Morgan fingerprint density at radius 1 is 1.21 bits per heavy atom. The highest BCUT2D eigenvalue weighted by Gasteiger charge is 2.36. The van der Waals surface area contributed by atoms with E-state index in [0.29, 0.717) is 5.92 Å². The molecule has 0 saturated heterocycles. The van der Waals surface area contributed by atoms with Crippen LogP contribution in [0.1, 0.15) is 44.2 Å². The molecule has 1 saturated carbocycles. The standard InChI is InChI=1S/C17H24N2/c1-14(2)10-15-4-6-16(7-5-15)11-19-13-17(12-18)8-3-9-17/h4-7,14,19H,3,8-11,13H2,1-2H3. The highest BCUT2D eigenvalue weighted by molar-refractivity contribution is 5.22. The first kappa shape index (κ1) is 14.1. The van der Waals surface area contributed by atoms with E-state index in [1.54, 1.807) is 0 Å². The molecule has 2 rings (SSSR count). The number of benzene rings is 1. The number of nitriles is 1. The van der Waals surface area contributed by atoms with Crippen LogP contribution in [0.25, 0.3) is 0 Å². The summed E-state index contributed by atoms with van der Waals surface area (Å²) >= 11 is 0. The van der Waals surface area contributed by atoms with E-state index >= 15 is 0 Å². The van der Waals surface area contributed by atoms with Crippen molar-refractivity contribution < 1.29 is 0 Å². The van der Waals surface area contributed by atoms with Gasteiger partial charge >= 0.3 is 0 Å². The molecule has 1 aliphatic rings. The monoisotopic (exact) mass is 256 g/mol. The van der Waals surface area contributed by atoms with Gasteiger partial charge in [-0.25, -0.2) is 0 Å². The summed E-state index contributed by atoms with van der Waals surface area (Å²) in [5.41, 5.74) is 2.64. The molecule has 2 nitrogen and oxygen atoms in total. The second-order valence-electron chi connectivity index (χ2n) is 6.26. The van der Waals surface area contributed by atoms with Crippen LogP contribution >= 0.6 is 0 Å². The summed E-state index contributed by atoms with van der Waals surface area (Å²) in [6.45, 7) is 6.19. The first-order chi connectivity index (χ1) is 9.13. The van der Waals surface area contributed by atoms with Crippen molar-refractivity contribution in [3.8, 4) is 6.07 Å². The van der Waals surface area contributed by atoms with Gasteiger partial charge in [0.05, 0.1) is 11.5 Å². The lowest BCUT2D eigenvalue weighted by Gasteiger charge is -2.35. The highest BCUT2D eigenvalue weighted by atomic mass is 14.9. The van der Waals surface area contributed by atoms with Crippen LogP contribution in [0.3, 0.4) is 0 Å². The fraction of sp³-hybridized carbons (Fsp3) is 0.588. The molecule has 0 unspecified atom stereocenters. The van der Waals surface area contributed by atoms with Crippen molar-refractivity contribution in [1.29, 1.82) is 5.26 Å². The summed E-state index contributed by atoms with van der Waals surface area (Å²) in [5, 5.41) is 12.6. The van der Waals surface area contributed by atoms with E-state index in [2.05, 4.69) is 49.5 Å². The van der Waals surface area contributed by atoms with Gasteiger partial charge in [0.2, 0.25) is 0 Å². The Kier molecular flexibility index (Phi) is 4.61. The fourth-order valence-electron chi connectivity index (χ4n) is 2.64. The Hall–Kier alpha value is -1.33. The Morgan fingerprint density at radius 3 is 2.32 bits per heavy atom. The molecule has 0 amide bonds.